The summed E-state index contributed by atoms with van der Waals surface area (Å²) >= 11 is 0. The Morgan fingerprint density at radius 3 is 2.28 bits per heavy atom. The van der Waals surface area contributed by atoms with E-state index in [1.807, 2.05) is 0 Å². The van der Waals surface area contributed by atoms with Gasteiger partial charge in [-0.2, -0.15) is 0 Å². The number of amides is 2. The Balaban J connectivity index is 2.69. The average molecular weight is 256 g/mol. The number of carbonyl (C=O) groups is 2. The van der Waals surface area contributed by atoms with Crippen LogP contribution in [0, 0.1) is 10.8 Å². The Kier molecular flexibility index (Phi) is 3.83. The van der Waals surface area contributed by atoms with Crippen LogP contribution in [0.5, 0.6) is 0 Å². The molecule has 0 aromatic carbocycles. The first-order valence-corrected chi connectivity index (χ1v) is 5.82. The zero-order chi connectivity index (χ0) is 14.0. The molecule has 1 fully saturated rings. The molecule has 0 heterocycles. The molecule has 1 saturated carbocycles. The Morgan fingerprint density at radius 1 is 1.39 bits per heavy atom. The standard InChI is InChI=1S/C11H20N4O3/c1-10(2,8(13)16)6-14-9(17)11(4-3-5-11)7(12)15-18/h18H,3-6H2,1-2H3,(H2,12,15)(H2,13,16)(H,14,17). The molecule has 0 saturated heterocycles. The number of oxime groups is 1. The molecule has 0 bridgehead atoms. The highest BCUT2D eigenvalue weighted by Crippen LogP contribution is 2.41. The molecule has 0 unspecified atom stereocenters. The first kappa shape index (κ1) is 14.3. The molecular weight excluding hydrogens is 236 g/mol. The van der Waals surface area contributed by atoms with E-state index in [9.17, 15) is 9.59 Å². The molecule has 0 radical (unpaired) electrons. The van der Waals surface area contributed by atoms with Gasteiger partial charge < -0.3 is 22.0 Å². The number of hydrogen-bond donors (Lipinski definition) is 4. The molecule has 0 atom stereocenters. The fourth-order valence-corrected chi connectivity index (χ4v) is 1.78. The van der Waals surface area contributed by atoms with E-state index in [0.717, 1.165) is 6.42 Å². The first-order valence-electron chi connectivity index (χ1n) is 5.82. The number of nitrogens with one attached hydrogen (secondary N) is 1. The number of nitrogens with zero attached hydrogens (tertiary/aromatic N) is 1. The van der Waals surface area contributed by atoms with Gasteiger partial charge in [-0.15, -0.1) is 0 Å². The van der Waals surface area contributed by atoms with Gasteiger partial charge in [0.1, 0.15) is 5.41 Å². The van der Waals surface area contributed by atoms with E-state index in [2.05, 4.69) is 10.5 Å². The molecule has 0 spiro atoms. The Labute approximate surface area is 106 Å². The van der Waals surface area contributed by atoms with Crippen molar-refractivity contribution in [1.82, 2.24) is 5.32 Å². The SMILES string of the molecule is CC(C)(CNC(=O)C1(C(N)=NO)CCC1)C(N)=O. The molecule has 0 aromatic rings. The van der Waals surface area contributed by atoms with E-state index >= 15 is 0 Å². The monoisotopic (exact) mass is 256 g/mol. The molecule has 6 N–H and O–H groups in total. The van der Waals surface area contributed by atoms with Crippen molar-refractivity contribution in [3.05, 3.63) is 0 Å². The second-order valence-electron chi connectivity index (χ2n) is 5.35. The number of nitrogens with two attached hydrogens (primary N) is 2. The molecule has 102 valence electrons. The lowest BCUT2D eigenvalue weighted by molar-refractivity contribution is -0.132. The average Bonchev–Trinajstić information content (AvgIpc) is 2.24. The summed E-state index contributed by atoms with van der Waals surface area (Å²) in [6, 6.07) is 0. The fraction of sp³-hybridized carbons (Fsp3) is 0.727. The van der Waals surface area contributed by atoms with Crippen molar-refractivity contribution in [3.63, 3.8) is 0 Å². The number of amidine groups is 1. The van der Waals surface area contributed by atoms with Crippen LogP contribution in [0.1, 0.15) is 33.1 Å². The Hall–Kier alpha value is -1.79. The maximum Gasteiger partial charge on any atom is 0.233 e. The molecule has 0 aromatic heterocycles. The van der Waals surface area contributed by atoms with Gasteiger partial charge in [0.05, 0.1) is 5.41 Å². The third-order valence-corrected chi connectivity index (χ3v) is 3.60. The second-order valence-corrected chi connectivity index (χ2v) is 5.35. The van der Waals surface area contributed by atoms with Gasteiger partial charge in [-0.05, 0) is 26.7 Å². The van der Waals surface area contributed by atoms with Gasteiger partial charge in [-0.25, -0.2) is 0 Å². The minimum Gasteiger partial charge on any atom is -0.409 e. The highest BCUT2D eigenvalue weighted by Gasteiger charge is 2.48. The van der Waals surface area contributed by atoms with Crippen LogP contribution in [-0.2, 0) is 9.59 Å². The van der Waals surface area contributed by atoms with Crippen LogP contribution in [0.4, 0.5) is 0 Å². The minimum absolute atomic E-state index is 0.0804. The fourth-order valence-electron chi connectivity index (χ4n) is 1.78. The molecule has 0 aliphatic heterocycles. The number of carbonyl (C=O) groups excluding carboxylic acids is 2. The van der Waals surface area contributed by atoms with Crippen molar-refractivity contribution in [2.75, 3.05) is 6.54 Å². The van der Waals surface area contributed by atoms with Gasteiger partial charge in [0, 0.05) is 6.54 Å². The summed E-state index contributed by atoms with van der Waals surface area (Å²) in [7, 11) is 0. The number of hydrogen-bond acceptors (Lipinski definition) is 4. The molecule has 7 nitrogen and oxygen atoms in total. The molecular formula is C11H20N4O3. The normalized spacial score (nSPS) is 18.9. The van der Waals surface area contributed by atoms with Crippen molar-refractivity contribution >= 4 is 17.6 Å². The van der Waals surface area contributed by atoms with Crippen molar-refractivity contribution in [3.8, 4) is 0 Å². The highest BCUT2D eigenvalue weighted by atomic mass is 16.4. The zero-order valence-electron chi connectivity index (χ0n) is 10.7. The summed E-state index contributed by atoms with van der Waals surface area (Å²) in [5.41, 5.74) is 9.02. The van der Waals surface area contributed by atoms with Crippen LogP contribution in [-0.4, -0.2) is 29.4 Å². The third-order valence-electron chi connectivity index (χ3n) is 3.60. The van der Waals surface area contributed by atoms with Crippen LogP contribution in [0.25, 0.3) is 0 Å². The van der Waals surface area contributed by atoms with Crippen molar-refractivity contribution < 1.29 is 14.8 Å². The van der Waals surface area contributed by atoms with Crippen LogP contribution < -0.4 is 16.8 Å². The lowest BCUT2D eigenvalue weighted by Gasteiger charge is -2.39. The summed E-state index contributed by atoms with van der Waals surface area (Å²) < 4.78 is 0. The van der Waals surface area contributed by atoms with Gasteiger partial charge in [0.25, 0.3) is 0 Å². The van der Waals surface area contributed by atoms with Gasteiger partial charge in [0.2, 0.25) is 11.8 Å². The summed E-state index contributed by atoms with van der Waals surface area (Å²) in [5.74, 6) is -0.893. The smallest absolute Gasteiger partial charge is 0.233 e. The van der Waals surface area contributed by atoms with Gasteiger partial charge >= 0.3 is 0 Å². The van der Waals surface area contributed by atoms with Crippen LogP contribution >= 0.6 is 0 Å². The molecule has 1 aliphatic rings. The van der Waals surface area contributed by atoms with Gasteiger partial charge in [-0.1, -0.05) is 11.6 Å². The number of rotatable bonds is 5. The molecule has 2 amide bonds. The molecule has 1 rings (SSSR count). The lowest BCUT2D eigenvalue weighted by atomic mass is 9.67. The van der Waals surface area contributed by atoms with E-state index in [1.54, 1.807) is 13.8 Å². The van der Waals surface area contributed by atoms with Crippen LogP contribution in [0.15, 0.2) is 5.16 Å². The van der Waals surface area contributed by atoms with Crippen LogP contribution in [0.2, 0.25) is 0 Å². The zero-order valence-corrected chi connectivity index (χ0v) is 10.7. The van der Waals surface area contributed by atoms with E-state index in [-0.39, 0.29) is 18.3 Å². The summed E-state index contributed by atoms with van der Waals surface area (Å²) in [6.07, 6.45) is 1.94. The van der Waals surface area contributed by atoms with Crippen molar-refractivity contribution in [2.24, 2.45) is 27.5 Å². The maximum atomic E-state index is 12.1. The minimum atomic E-state index is -0.928. The molecule has 1 aliphatic carbocycles. The molecule has 18 heavy (non-hydrogen) atoms. The van der Waals surface area contributed by atoms with Gasteiger partial charge in [-0.3, -0.25) is 9.59 Å². The quantitative estimate of drug-likeness (QED) is 0.229. The van der Waals surface area contributed by atoms with E-state index < -0.39 is 16.7 Å². The third kappa shape index (κ3) is 2.39. The summed E-state index contributed by atoms with van der Waals surface area (Å²) in [4.78, 5) is 23.2. The Morgan fingerprint density at radius 2 is 1.94 bits per heavy atom. The lowest BCUT2D eigenvalue weighted by Crippen LogP contribution is -2.56. The highest BCUT2D eigenvalue weighted by molar-refractivity contribution is 6.07. The van der Waals surface area contributed by atoms with E-state index in [0.29, 0.717) is 12.8 Å². The predicted molar refractivity (Wildman–Crippen MR) is 65.7 cm³/mol. The van der Waals surface area contributed by atoms with Crippen molar-refractivity contribution in [2.45, 2.75) is 33.1 Å². The first-order chi connectivity index (χ1) is 8.26. The summed E-state index contributed by atoms with van der Waals surface area (Å²) in [5, 5.41) is 14.3. The largest absolute Gasteiger partial charge is 0.409 e. The van der Waals surface area contributed by atoms with Crippen LogP contribution in [0.3, 0.4) is 0 Å². The van der Waals surface area contributed by atoms with Crippen molar-refractivity contribution in [1.29, 1.82) is 0 Å². The molecule has 7 heteroatoms. The number of primary amides is 1. The van der Waals surface area contributed by atoms with Gasteiger partial charge in [0.15, 0.2) is 5.84 Å². The predicted octanol–water partition coefficient (Wildman–Crippen LogP) is -0.469. The van der Waals surface area contributed by atoms with E-state index in [1.165, 1.54) is 0 Å². The Bertz CT molecular complexity index is 386. The summed E-state index contributed by atoms with van der Waals surface area (Å²) in [6.45, 7) is 3.42. The second kappa shape index (κ2) is 4.83. The van der Waals surface area contributed by atoms with E-state index in [4.69, 9.17) is 16.7 Å². The maximum absolute atomic E-state index is 12.1. The topological polar surface area (TPSA) is 131 Å².